The molecular weight excluding hydrogens is 358 g/mol. The molecule has 2 aliphatic rings. The van der Waals surface area contributed by atoms with Gasteiger partial charge in [0, 0.05) is 17.1 Å². The fourth-order valence-corrected chi connectivity index (χ4v) is 5.13. The van der Waals surface area contributed by atoms with Gasteiger partial charge in [-0.3, -0.25) is 4.79 Å². The van der Waals surface area contributed by atoms with Crippen molar-refractivity contribution in [2.24, 2.45) is 0 Å². The number of hydrogen-bond donors (Lipinski definition) is 1. The van der Waals surface area contributed by atoms with Crippen LogP contribution in [0.15, 0.2) is 36.4 Å². The summed E-state index contributed by atoms with van der Waals surface area (Å²) in [7, 11) is 0. The molecule has 1 fully saturated rings. The van der Waals surface area contributed by atoms with Gasteiger partial charge in [0.15, 0.2) is 11.6 Å². The van der Waals surface area contributed by atoms with E-state index in [1.165, 1.54) is 23.3 Å². The number of halogens is 2. The van der Waals surface area contributed by atoms with Crippen molar-refractivity contribution in [2.45, 2.75) is 51.0 Å². The molecule has 0 unspecified atom stereocenters. The van der Waals surface area contributed by atoms with Crippen molar-refractivity contribution >= 4 is 11.6 Å². The van der Waals surface area contributed by atoms with Gasteiger partial charge in [-0.05, 0) is 68.6 Å². The van der Waals surface area contributed by atoms with Crippen molar-refractivity contribution in [3.63, 3.8) is 0 Å². The largest absolute Gasteiger partial charge is 0.317 e. The van der Waals surface area contributed by atoms with Gasteiger partial charge in [0.25, 0.3) is 5.91 Å². The number of rotatable bonds is 3. The zero-order chi connectivity index (χ0) is 19.9. The number of benzene rings is 2. The molecule has 4 rings (SSSR count). The van der Waals surface area contributed by atoms with Crippen molar-refractivity contribution in [2.75, 3.05) is 18.0 Å². The number of carbonyl (C=O) groups excluding carboxylic acids is 1. The topological polar surface area (TPSA) is 32.3 Å². The summed E-state index contributed by atoms with van der Waals surface area (Å²) < 4.78 is 28.2. The molecule has 0 aliphatic carbocycles. The summed E-state index contributed by atoms with van der Waals surface area (Å²) in [5.41, 5.74) is 3.00. The highest BCUT2D eigenvalue weighted by atomic mass is 19.2. The molecule has 0 saturated carbocycles. The van der Waals surface area contributed by atoms with Crippen molar-refractivity contribution in [3.05, 3.63) is 64.7 Å². The van der Waals surface area contributed by atoms with E-state index in [2.05, 4.69) is 25.2 Å². The van der Waals surface area contributed by atoms with E-state index in [0.29, 0.717) is 0 Å². The number of amides is 1. The SMILES string of the molecule is CCCc1cccc2c1C1(CCNCC1)[C@@H](C)N2C(=O)c1cccc(F)c1F. The van der Waals surface area contributed by atoms with Crippen molar-refractivity contribution < 1.29 is 13.6 Å². The highest BCUT2D eigenvalue weighted by Crippen LogP contribution is 2.52. The molecule has 0 aromatic heterocycles. The standard InChI is InChI=1S/C23H26F2N2O/c1-3-6-16-7-4-10-19-20(16)23(11-13-26-14-12-23)15(2)27(19)22(28)17-8-5-9-18(24)21(17)25/h4-5,7-10,15,26H,3,6,11-14H2,1-2H3/t15-/m1/s1. The smallest absolute Gasteiger partial charge is 0.261 e. The maximum Gasteiger partial charge on any atom is 0.261 e. The van der Waals surface area contributed by atoms with Crippen LogP contribution in [-0.2, 0) is 11.8 Å². The molecule has 5 heteroatoms. The van der Waals surface area contributed by atoms with Crippen molar-refractivity contribution in [1.29, 1.82) is 0 Å². The summed E-state index contributed by atoms with van der Waals surface area (Å²) in [6.45, 7) is 5.98. The number of nitrogens with one attached hydrogen (secondary N) is 1. The van der Waals surface area contributed by atoms with Crippen LogP contribution < -0.4 is 10.2 Å². The average Bonchev–Trinajstić information content (AvgIpc) is 2.93. The lowest BCUT2D eigenvalue weighted by Crippen LogP contribution is -2.50. The van der Waals surface area contributed by atoms with Crippen LogP contribution in [0.5, 0.6) is 0 Å². The van der Waals surface area contributed by atoms with Crippen LogP contribution in [0.2, 0.25) is 0 Å². The minimum Gasteiger partial charge on any atom is -0.317 e. The first kappa shape index (κ1) is 19.1. The number of piperidine rings is 1. The van der Waals surface area contributed by atoms with Gasteiger partial charge in [-0.25, -0.2) is 8.78 Å². The van der Waals surface area contributed by atoms with E-state index in [0.717, 1.165) is 50.5 Å². The third-order valence-corrected chi connectivity index (χ3v) is 6.49. The van der Waals surface area contributed by atoms with Crippen LogP contribution in [0.25, 0.3) is 0 Å². The van der Waals surface area contributed by atoms with E-state index < -0.39 is 17.5 Å². The molecule has 2 heterocycles. The molecule has 2 aromatic carbocycles. The van der Waals surface area contributed by atoms with Crippen molar-refractivity contribution in [1.82, 2.24) is 5.32 Å². The second-order valence-corrected chi connectivity index (χ2v) is 7.92. The number of nitrogens with zero attached hydrogens (tertiary/aromatic N) is 1. The van der Waals surface area contributed by atoms with E-state index >= 15 is 0 Å². The Kier molecular flexibility index (Phi) is 4.96. The molecule has 1 saturated heterocycles. The van der Waals surface area contributed by atoms with Crippen LogP contribution in [0.4, 0.5) is 14.5 Å². The molecular formula is C23H26F2N2O. The van der Waals surface area contributed by atoms with Gasteiger partial charge in [0.1, 0.15) is 0 Å². The Balaban J connectivity index is 1.87. The zero-order valence-electron chi connectivity index (χ0n) is 16.4. The van der Waals surface area contributed by atoms with Crippen LogP contribution >= 0.6 is 0 Å². The summed E-state index contributed by atoms with van der Waals surface area (Å²) in [5, 5.41) is 3.42. The minimum absolute atomic E-state index is 0.113. The lowest BCUT2D eigenvalue weighted by molar-refractivity contribution is 0.0963. The lowest BCUT2D eigenvalue weighted by atomic mass is 9.68. The first-order valence-electron chi connectivity index (χ1n) is 10.1. The Labute approximate surface area is 164 Å². The third kappa shape index (κ3) is 2.75. The minimum atomic E-state index is -1.07. The predicted octanol–water partition coefficient (Wildman–Crippen LogP) is 4.59. The number of hydrogen-bond acceptors (Lipinski definition) is 2. The predicted molar refractivity (Wildman–Crippen MR) is 107 cm³/mol. The van der Waals surface area contributed by atoms with Crippen molar-refractivity contribution in [3.8, 4) is 0 Å². The van der Waals surface area contributed by atoms with Gasteiger partial charge in [-0.2, -0.15) is 0 Å². The molecule has 1 amide bonds. The Morgan fingerprint density at radius 3 is 2.61 bits per heavy atom. The fraction of sp³-hybridized carbons (Fsp3) is 0.435. The lowest BCUT2D eigenvalue weighted by Gasteiger charge is -2.40. The van der Waals surface area contributed by atoms with E-state index in [1.54, 1.807) is 4.90 Å². The van der Waals surface area contributed by atoms with E-state index in [9.17, 15) is 13.6 Å². The van der Waals surface area contributed by atoms with Crippen LogP contribution in [0.3, 0.4) is 0 Å². The fourth-order valence-electron chi connectivity index (χ4n) is 5.13. The van der Waals surface area contributed by atoms with Gasteiger partial charge < -0.3 is 10.2 Å². The number of fused-ring (bicyclic) bond motifs is 2. The van der Waals surface area contributed by atoms with Crippen LogP contribution in [0.1, 0.15) is 54.6 Å². The van der Waals surface area contributed by atoms with Gasteiger partial charge in [-0.1, -0.05) is 31.5 Å². The van der Waals surface area contributed by atoms with E-state index in [4.69, 9.17) is 0 Å². The summed E-state index contributed by atoms with van der Waals surface area (Å²) in [4.78, 5) is 15.1. The van der Waals surface area contributed by atoms with Gasteiger partial charge in [0.2, 0.25) is 0 Å². The molecule has 1 N–H and O–H groups in total. The Morgan fingerprint density at radius 2 is 1.89 bits per heavy atom. The second kappa shape index (κ2) is 7.28. The molecule has 1 atom stereocenters. The zero-order valence-corrected chi connectivity index (χ0v) is 16.4. The normalized spacial score (nSPS) is 20.4. The van der Waals surface area contributed by atoms with Gasteiger partial charge in [-0.15, -0.1) is 0 Å². The first-order valence-corrected chi connectivity index (χ1v) is 10.1. The third-order valence-electron chi connectivity index (χ3n) is 6.49. The number of aryl methyl sites for hydroxylation is 1. The molecule has 1 spiro atoms. The molecule has 0 radical (unpaired) electrons. The molecule has 148 valence electrons. The molecule has 0 bridgehead atoms. The highest BCUT2D eigenvalue weighted by molar-refractivity contribution is 6.08. The maximum absolute atomic E-state index is 14.4. The molecule has 2 aliphatic heterocycles. The highest BCUT2D eigenvalue weighted by Gasteiger charge is 2.52. The maximum atomic E-state index is 14.4. The van der Waals surface area contributed by atoms with Gasteiger partial charge in [0.05, 0.1) is 5.56 Å². The molecule has 28 heavy (non-hydrogen) atoms. The van der Waals surface area contributed by atoms with E-state index in [1.807, 2.05) is 12.1 Å². The van der Waals surface area contributed by atoms with Crippen LogP contribution in [-0.4, -0.2) is 25.0 Å². The number of anilines is 1. The van der Waals surface area contributed by atoms with Gasteiger partial charge >= 0.3 is 0 Å². The summed E-state index contributed by atoms with van der Waals surface area (Å²) in [6, 6.07) is 9.77. The Bertz CT molecular complexity index is 905. The Hall–Kier alpha value is -2.27. The molecule has 2 aromatic rings. The first-order chi connectivity index (χ1) is 13.5. The monoisotopic (exact) mass is 384 g/mol. The quantitative estimate of drug-likeness (QED) is 0.840. The summed E-state index contributed by atoms with van der Waals surface area (Å²) >= 11 is 0. The number of carbonyl (C=O) groups is 1. The second-order valence-electron chi connectivity index (χ2n) is 7.92. The van der Waals surface area contributed by atoms with Crippen LogP contribution in [0, 0.1) is 11.6 Å². The summed E-state index contributed by atoms with van der Waals surface area (Å²) in [6.07, 6.45) is 3.82. The summed E-state index contributed by atoms with van der Waals surface area (Å²) in [5.74, 6) is -2.53. The van der Waals surface area contributed by atoms with E-state index in [-0.39, 0.29) is 17.0 Å². The average molecular weight is 384 g/mol. The molecule has 3 nitrogen and oxygen atoms in total. The Morgan fingerprint density at radius 1 is 1.18 bits per heavy atom.